The highest BCUT2D eigenvalue weighted by Crippen LogP contribution is 2.53. The van der Waals surface area contributed by atoms with Crippen LogP contribution in [0.2, 0.25) is 0 Å². The number of carbonyl (C=O) groups excluding carboxylic acids is 1. The molecule has 4 heteroatoms. The summed E-state index contributed by atoms with van der Waals surface area (Å²) in [6.45, 7) is 0. The first-order valence-electron chi connectivity index (χ1n) is 8.61. The van der Waals surface area contributed by atoms with Crippen LogP contribution in [0.5, 0.6) is 0 Å². The van der Waals surface area contributed by atoms with Crippen molar-refractivity contribution in [1.82, 2.24) is 4.72 Å². The van der Waals surface area contributed by atoms with Gasteiger partial charge in [-0.15, -0.1) is 0 Å². The van der Waals surface area contributed by atoms with Gasteiger partial charge in [-0.1, -0.05) is 91.0 Å². The topological polar surface area (TPSA) is 55.1 Å². The number of primary amides is 1. The second kappa shape index (κ2) is 8.59. The first-order chi connectivity index (χ1) is 12.7. The molecule has 2 amide bonds. The van der Waals surface area contributed by atoms with Crippen LogP contribution in [0, 0.1) is 0 Å². The van der Waals surface area contributed by atoms with Gasteiger partial charge in [0.15, 0.2) is 0 Å². The number of benzene rings is 3. The summed E-state index contributed by atoms with van der Waals surface area (Å²) in [5.74, 6) is 2.38. The number of nitrogens with one attached hydrogen (secondary N) is 1. The molecule has 3 aromatic carbocycles. The lowest BCUT2D eigenvalue weighted by Crippen LogP contribution is -2.35. The number of amides is 2. The van der Waals surface area contributed by atoms with Gasteiger partial charge < -0.3 is 5.73 Å². The van der Waals surface area contributed by atoms with Crippen LogP contribution >= 0.6 is 10.2 Å². The molecule has 0 aromatic heterocycles. The summed E-state index contributed by atoms with van der Waals surface area (Å²) in [4.78, 5) is 11.9. The van der Waals surface area contributed by atoms with Gasteiger partial charge in [-0.25, -0.2) is 4.79 Å². The number of urea groups is 1. The molecule has 0 fully saturated rings. The maximum atomic E-state index is 11.9. The predicted molar refractivity (Wildman–Crippen MR) is 111 cm³/mol. The van der Waals surface area contributed by atoms with E-state index in [-0.39, 0.29) is 0 Å². The van der Waals surface area contributed by atoms with Crippen LogP contribution in [0.3, 0.4) is 0 Å². The van der Waals surface area contributed by atoms with Crippen LogP contribution < -0.4 is 10.5 Å². The smallest absolute Gasteiger partial charge is 0.320 e. The Balaban J connectivity index is 1.98. The fourth-order valence-electron chi connectivity index (χ4n) is 3.15. The minimum Gasteiger partial charge on any atom is -0.351 e. The molecule has 0 bridgehead atoms. The van der Waals surface area contributed by atoms with Crippen molar-refractivity contribution in [1.29, 1.82) is 0 Å². The molecule has 0 unspecified atom stereocenters. The highest BCUT2D eigenvalue weighted by molar-refractivity contribution is 8.30. The number of hydrogen-bond acceptors (Lipinski definition) is 1. The third kappa shape index (κ3) is 5.14. The quantitative estimate of drug-likeness (QED) is 0.611. The van der Waals surface area contributed by atoms with Gasteiger partial charge in [0, 0.05) is 17.3 Å². The summed E-state index contributed by atoms with van der Waals surface area (Å²) in [5.41, 5.74) is 9.24. The van der Waals surface area contributed by atoms with Crippen molar-refractivity contribution in [2.75, 3.05) is 0 Å². The minimum absolute atomic E-state index is 0.456. The van der Waals surface area contributed by atoms with Crippen molar-refractivity contribution >= 4 is 16.2 Å². The van der Waals surface area contributed by atoms with Gasteiger partial charge in [0.25, 0.3) is 0 Å². The first kappa shape index (κ1) is 18.1. The molecule has 0 saturated carbocycles. The van der Waals surface area contributed by atoms with E-state index in [2.05, 4.69) is 41.1 Å². The Kier molecular flexibility index (Phi) is 5.97. The molecule has 0 aliphatic rings. The number of hydrogen-bond donors (Lipinski definition) is 2. The van der Waals surface area contributed by atoms with E-state index in [1.165, 1.54) is 16.7 Å². The summed E-state index contributed by atoms with van der Waals surface area (Å²) in [6.07, 6.45) is 0. The van der Waals surface area contributed by atoms with Gasteiger partial charge in [0.2, 0.25) is 0 Å². The Labute approximate surface area is 156 Å². The van der Waals surface area contributed by atoms with Crippen molar-refractivity contribution in [3.8, 4) is 0 Å². The van der Waals surface area contributed by atoms with E-state index in [1.807, 2.05) is 54.6 Å². The molecule has 3 rings (SSSR count). The molecule has 3 nitrogen and oxygen atoms in total. The molecule has 0 spiro atoms. The number of nitrogens with two attached hydrogens (primary N) is 1. The Bertz CT molecular complexity index is 721. The average Bonchev–Trinajstić information content (AvgIpc) is 2.63. The summed E-state index contributed by atoms with van der Waals surface area (Å²) < 4.78 is 3.16. The van der Waals surface area contributed by atoms with Gasteiger partial charge in [-0.3, -0.25) is 4.72 Å². The van der Waals surface area contributed by atoms with Crippen LogP contribution in [0.1, 0.15) is 16.7 Å². The summed E-state index contributed by atoms with van der Waals surface area (Å²) in [7, 11) is -1.58. The largest absolute Gasteiger partial charge is 0.351 e. The SMILES string of the molecule is NC(=O)NS(Cc1ccccc1)(Cc1ccccc1)Cc1ccccc1. The van der Waals surface area contributed by atoms with E-state index in [0.29, 0.717) is 0 Å². The normalized spacial score (nSPS) is 11.7. The molecule has 3 aromatic rings. The molecule has 0 saturated heterocycles. The Morgan fingerprint density at radius 3 is 1.23 bits per heavy atom. The van der Waals surface area contributed by atoms with E-state index < -0.39 is 16.2 Å². The first-order valence-corrected chi connectivity index (χ1v) is 10.7. The van der Waals surface area contributed by atoms with Crippen molar-refractivity contribution < 1.29 is 4.79 Å². The Morgan fingerprint density at radius 2 is 0.962 bits per heavy atom. The molecule has 3 N–H and O–H groups in total. The van der Waals surface area contributed by atoms with Gasteiger partial charge in [0.1, 0.15) is 0 Å². The van der Waals surface area contributed by atoms with Crippen LogP contribution in [-0.2, 0) is 17.3 Å². The zero-order chi connectivity index (χ0) is 18.2. The highest BCUT2D eigenvalue weighted by atomic mass is 32.3. The average molecular weight is 365 g/mol. The molecule has 134 valence electrons. The monoisotopic (exact) mass is 364 g/mol. The molecule has 26 heavy (non-hydrogen) atoms. The fraction of sp³-hybridized carbons (Fsp3) is 0.136. The third-order valence-electron chi connectivity index (χ3n) is 4.17. The standard InChI is InChI=1S/C22H24N2OS/c23-22(25)24-26(16-19-10-4-1-5-11-19,17-20-12-6-2-7-13-20)18-21-14-8-3-9-15-21/h1-15H,16-18H2,(H3,23,24,25). The highest BCUT2D eigenvalue weighted by Gasteiger charge is 2.27. The molecule has 0 atom stereocenters. The molecular formula is C22H24N2OS. The van der Waals surface area contributed by atoms with E-state index in [1.54, 1.807) is 0 Å². The van der Waals surface area contributed by atoms with Crippen molar-refractivity contribution in [2.45, 2.75) is 17.3 Å². The lowest BCUT2D eigenvalue weighted by Gasteiger charge is -2.41. The number of carbonyl (C=O) groups is 1. The van der Waals surface area contributed by atoms with Crippen molar-refractivity contribution in [3.05, 3.63) is 108 Å². The zero-order valence-corrected chi connectivity index (χ0v) is 15.5. The summed E-state index contributed by atoms with van der Waals surface area (Å²) in [5, 5.41) is 0. The maximum Gasteiger partial charge on any atom is 0.320 e. The molecular weight excluding hydrogens is 340 g/mol. The summed E-state index contributed by atoms with van der Waals surface area (Å²) in [6, 6.07) is 30.5. The molecule has 0 aliphatic carbocycles. The predicted octanol–water partition coefficient (Wildman–Crippen LogP) is 4.97. The molecule has 0 radical (unpaired) electrons. The van der Waals surface area contributed by atoms with E-state index in [4.69, 9.17) is 5.73 Å². The van der Waals surface area contributed by atoms with Crippen molar-refractivity contribution in [3.63, 3.8) is 0 Å². The van der Waals surface area contributed by atoms with Gasteiger partial charge in [-0.05, 0) is 16.7 Å². The fourth-order valence-corrected chi connectivity index (χ4v) is 6.60. The third-order valence-corrected chi connectivity index (χ3v) is 7.47. The lowest BCUT2D eigenvalue weighted by molar-refractivity contribution is 0.254. The van der Waals surface area contributed by atoms with Gasteiger partial charge in [0.05, 0.1) is 0 Å². The maximum absolute atomic E-state index is 11.9. The van der Waals surface area contributed by atoms with Gasteiger partial charge >= 0.3 is 6.03 Å². The van der Waals surface area contributed by atoms with Crippen LogP contribution in [0.4, 0.5) is 4.79 Å². The second-order valence-corrected chi connectivity index (χ2v) is 9.56. The van der Waals surface area contributed by atoms with E-state index in [9.17, 15) is 4.79 Å². The Hall–Kier alpha value is -2.72. The zero-order valence-electron chi connectivity index (χ0n) is 14.7. The summed E-state index contributed by atoms with van der Waals surface area (Å²) >= 11 is 0. The van der Waals surface area contributed by atoms with Crippen LogP contribution in [0.15, 0.2) is 91.0 Å². The van der Waals surface area contributed by atoms with Crippen molar-refractivity contribution in [2.24, 2.45) is 5.73 Å². The second-order valence-electron chi connectivity index (χ2n) is 6.40. The van der Waals surface area contributed by atoms with Crippen LogP contribution in [-0.4, -0.2) is 6.03 Å². The Morgan fingerprint density at radius 1 is 0.654 bits per heavy atom. The molecule has 0 heterocycles. The molecule has 0 aliphatic heterocycles. The number of rotatable bonds is 7. The van der Waals surface area contributed by atoms with E-state index >= 15 is 0 Å². The van der Waals surface area contributed by atoms with E-state index in [0.717, 1.165) is 17.3 Å². The van der Waals surface area contributed by atoms with Gasteiger partial charge in [-0.2, -0.15) is 10.2 Å². The van der Waals surface area contributed by atoms with Crippen LogP contribution in [0.25, 0.3) is 0 Å². The lowest BCUT2D eigenvalue weighted by atomic mass is 10.2. The minimum atomic E-state index is -1.58.